The molecule has 1 aromatic carbocycles. The SMILES string of the molecule is CNC(CC(C)C)C(=O)NCC(C)(C)c1ccccc1. The number of rotatable bonds is 7. The Labute approximate surface area is 123 Å². The Morgan fingerprint density at radius 3 is 2.30 bits per heavy atom. The average molecular weight is 276 g/mol. The fraction of sp³-hybridized carbons (Fsp3) is 0.588. The van der Waals surface area contributed by atoms with E-state index in [1.54, 1.807) is 0 Å². The zero-order chi connectivity index (χ0) is 15.2. The van der Waals surface area contributed by atoms with Crippen LogP contribution in [0.25, 0.3) is 0 Å². The number of benzene rings is 1. The molecule has 112 valence electrons. The van der Waals surface area contributed by atoms with Gasteiger partial charge in [-0.15, -0.1) is 0 Å². The van der Waals surface area contributed by atoms with Gasteiger partial charge in [0.05, 0.1) is 6.04 Å². The van der Waals surface area contributed by atoms with Gasteiger partial charge in [-0.25, -0.2) is 0 Å². The lowest BCUT2D eigenvalue weighted by atomic mass is 9.84. The molecule has 0 fully saturated rings. The zero-order valence-electron chi connectivity index (χ0n) is 13.4. The van der Waals surface area contributed by atoms with E-state index in [0.717, 1.165) is 6.42 Å². The Morgan fingerprint density at radius 1 is 1.20 bits per heavy atom. The Hall–Kier alpha value is -1.35. The first-order chi connectivity index (χ1) is 9.36. The standard InChI is InChI=1S/C17H28N2O/c1-13(2)11-15(18-5)16(20)19-12-17(3,4)14-9-7-6-8-10-14/h6-10,13,15,18H,11-12H2,1-5H3,(H,19,20). The molecule has 0 saturated carbocycles. The maximum atomic E-state index is 12.2. The summed E-state index contributed by atoms with van der Waals surface area (Å²) in [5, 5.41) is 6.17. The van der Waals surface area contributed by atoms with Gasteiger partial charge < -0.3 is 10.6 Å². The van der Waals surface area contributed by atoms with E-state index in [4.69, 9.17) is 0 Å². The molecule has 0 aromatic heterocycles. The highest BCUT2D eigenvalue weighted by Crippen LogP contribution is 2.21. The molecule has 1 aromatic rings. The summed E-state index contributed by atoms with van der Waals surface area (Å²) in [6, 6.07) is 10.2. The Bertz CT molecular complexity index is 412. The molecule has 1 rings (SSSR count). The molecule has 0 aliphatic rings. The van der Waals surface area contributed by atoms with Gasteiger partial charge in [0, 0.05) is 12.0 Å². The molecule has 3 nitrogen and oxygen atoms in total. The fourth-order valence-corrected chi connectivity index (χ4v) is 2.25. The van der Waals surface area contributed by atoms with E-state index in [1.165, 1.54) is 5.56 Å². The highest BCUT2D eigenvalue weighted by atomic mass is 16.2. The number of carbonyl (C=O) groups is 1. The molecule has 2 N–H and O–H groups in total. The van der Waals surface area contributed by atoms with Crippen LogP contribution in [0.1, 0.15) is 39.7 Å². The molecule has 3 heteroatoms. The molecule has 0 aliphatic carbocycles. The second-order valence-electron chi connectivity index (χ2n) is 6.44. The molecule has 0 aliphatic heterocycles. The summed E-state index contributed by atoms with van der Waals surface area (Å²) >= 11 is 0. The average Bonchev–Trinajstić information content (AvgIpc) is 2.43. The van der Waals surface area contributed by atoms with Gasteiger partial charge in [0.15, 0.2) is 0 Å². The van der Waals surface area contributed by atoms with Crippen LogP contribution in [0.3, 0.4) is 0 Å². The van der Waals surface area contributed by atoms with Crippen molar-refractivity contribution in [2.24, 2.45) is 5.92 Å². The van der Waals surface area contributed by atoms with Crippen molar-refractivity contribution in [2.45, 2.75) is 45.6 Å². The van der Waals surface area contributed by atoms with E-state index in [9.17, 15) is 4.79 Å². The molecule has 1 amide bonds. The summed E-state index contributed by atoms with van der Waals surface area (Å²) in [5.74, 6) is 0.588. The van der Waals surface area contributed by atoms with Gasteiger partial charge in [-0.2, -0.15) is 0 Å². The van der Waals surface area contributed by atoms with Gasteiger partial charge in [-0.05, 0) is 24.9 Å². The monoisotopic (exact) mass is 276 g/mol. The Morgan fingerprint density at radius 2 is 1.80 bits per heavy atom. The van der Waals surface area contributed by atoms with Crippen molar-refractivity contribution >= 4 is 5.91 Å². The minimum Gasteiger partial charge on any atom is -0.354 e. The van der Waals surface area contributed by atoms with Crippen molar-refractivity contribution in [1.29, 1.82) is 0 Å². The summed E-state index contributed by atoms with van der Waals surface area (Å²) in [7, 11) is 1.84. The number of hydrogen-bond acceptors (Lipinski definition) is 2. The molecule has 0 saturated heterocycles. The van der Waals surface area contributed by atoms with Crippen molar-refractivity contribution in [1.82, 2.24) is 10.6 Å². The van der Waals surface area contributed by atoms with Crippen LogP contribution < -0.4 is 10.6 Å². The van der Waals surface area contributed by atoms with Crippen LogP contribution >= 0.6 is 0 Å². The van der Waals surface area contributed by atoms with E-state index in [-0.39, 0.29) is 17.4 Å². The van der Waals surface area contributed by atoms with E-state index in [1.807, 2.05) is 25.2 Å². The number of hydrogen-bond donors (Lipinski definition) is 2. The quantitative estimate of drug-likeness (QED) is 0.804. The number of nitrogens with one attached hydrogen (secondary N) is 2. The summed E-state index contributed by atoms with van der Waals surface area (Å²) in [6.07, 6.45) is 0.855. The lowest BCUT2D eigenvalue weighted by molar-refractivity contribution is -0.123. The molecule has 0 heterocycles. The van der Waals surface area contributed by atoms with Crippen LogP contribution in [0.4, 0.5) is 0 Å². The van der Waals surface area contributed by atoms with Crippen molar-refractivity contribution in [3.05, 3.63) is 35.9 Å². The molecular weight excluding hydrogens is 248 g/mol. The maximum absolute atomic E-state index is 12.2. The first-order valence-electron chi connectivity index (χ1n) is 7.37. The highest BCUT2D eigenvalue weighted by Gasteiger charge is 2.23. The van der Waals surface area contributed by atoms with Gasteiger partial charge in [0.25, 0.3) is 0 Å². The summed E-state index contributed by atoms with van der Waals surface area (Å²) in [4.78, 5) is 12.2. The third-order valence-corrected chi connectivity index (χ3v) is 3.63. The van der Waals surface area contributed by atoms with Crippen LogP contribution in [0, 0.1) is 5.92 Å². The summed E-state index contributed by atoms with van der Waals surface area (Å²) < 4.78 is 0. The van der Waals surface area contributed by atoms with Gasteiger partial charge in [-0.1, -0.05) is 58.0 Å². The predicted octanol–water partition coefficient (Wildman–Crippen LogP) is 2.71. The summed E-state index contributed by atoms with van der Waals surface area (Å²) in [6.45, 7) is 9.21. The third-order valence-electron chi connectivity index (χ3n) is 3.63. The van der Waals surface area contributed by atoms with E-state index < -0.39 is 0 Å². The van der Waals surface area contributed by atoms with Gasteiger partial charge in [0.1, 0.15) is 0 Å². The van der Waals surface area contributed by atoms with Crippen molar-refractivity contribution in [3.8, 4) is 0 Å². The van der Waals surface area contributed by atoms with Crippen LogP contribution in [-0.4, -0.2) is 25.5 Å². The lowest BCUT2D eigenvalue weighted by Gasteiger charge is -2.27. The largest absolute Gasteiger partial charge is 0.354 e. The second kappa shape index (κ2) is 7.44. The number of amides is 1. The summed E-state index contributed by atoms with van der Waals surface area (Å²) in [5.41, 5.74) is 1.18. The van der Waals surface area contributed by atoms with Crippen LogP contribution in [0.2, 0.25) is 0 Å². The molecule has 1 atom stereocenters. The van der Waals surface area contributed by atoms with Gasteiger partial charge >= 0.3 is 0 Å². The Kier molecular flexibility index (Phi) is 6.21. The fourth-order valence-electron chi connectivity index (χ4n) is 2.25. The van der Waals surface area contributed by atoms with E-state index in [0.29, 0.717) is 12.5 Å². The van der Waals surface area contributed by atoms with Crippen LogP contribution in [-0.2, 0) is 10.2 Å². The van der Waals surface area contributed by atoms with E-state index in [2.05, 4.69) is 50.5 Å². The first kappa shape index (κ1) is 16.7. The van der Waals surface area contributed by atoms with Crippen LogP contribution in [0.5, 0.6) is 0 Å². The van der Waals surface area contributed by atoms with Gasteiger partial charge in [0.2, 0.25) is 5.91 Å². The minimum atomic E-state index is -0.110. The minimum absolute atomic E-state index is 0.0625. The van der Waals surface area contributed by atoms with Crippen LogP contribution in [0.15, 0.2) is 30.3 Å². The van der Waals surface area contributed by atoms with E-state index >= 15 is 0 Å². The predicted molar refractivity (Wildman–Crippen MR) is 84.8 cm³/mol. The molecule has 20 heavy (non-hydrogen) atoms. The van der Waals surface area contributed by atoms with Gasteiger partial charge in [-0.3, -0.25) is 4.79 Å². The zero-order valence-corrected chi connectivity index (χ0v) is 13.4. The van der Waals surface area contributed by atoms with Crippen molar-refractivity contribution in [3.63, 3.8) is 0 Å². The molecule has 0 radical (unpaired) electrons. The molecular formula is C17H28N2O. The Balaban J connectivity index is 2.59. The first-order valence-corrected chi connectivity index (χ1v) is 7.37. The molecule has 0 bridgehead atoms. The smallest absolute Gasteiger partial charge is 0.237 e. The van der Waals surface area contributed by atoms with Crippen molar-refractivity contribution in [2.75, 3.05) is 13.6 Å². The number of carbonyl (C=O) groups excluding carboxylic acids is 1. The highest BCUT2D eigenvalue weighted by molar-refractivity contribution is 5.81. The second-order valence-corrected chi connectivity index (χ2v) is 6.44. The maximum Gasteiger partial charge on any atom is 0.237 e. The topological polar surface area (TPSA) is 41.1 Å². The number of likely N-dealkylation sites (N-methyl/N-ethyl adjacent to an activating group) is 1. The lowest BCUT2D eigenvalue weighted by Crippen LogP contribution is -2.47. The van der Waals surface area contributed by atoms with Crippen molar-refractivity contribution < 1.29 is 4.79 Å². The molecule has 0 spiro atoms. The molecule has 1 unspecified atom stereocenters. The normalized spacial score (nSPS) is 13.3. The third kappa shape index (κ3) is 4.97.